The molecule has 1 heterocycles. The molecule has 3 aromatic rings. The van der Waals surface area contributed by atoms with Crippen LogP contribution in [-0.2, 0) is 19.6 Å². The van der Waals surface area contributed by atoms with Crippen molar-refractivity contribution in [3.8, 4) is 5.75 Å². The van der Waals surface area contributed by atoms with Crippen LogP contribution in [0.5, 0.6) is 5.75 Å². The van der Waals surface area contributed by atoms with Gasteiger partial charge in [-0.1, -0.05) is 18.2 Å². The summed E-state index contributed by atoms with van der Waals surface area (Å²) in [6.45, 7) is 1.33. The van der Waals surface area contributed by atoms with Crippen LogP contribution in [0, 0.1) is 0 Å². The number of Topliss-reactive ketones (excluding diaryl/α,β-unsaturated/α-hetero) is 1. The number of anilines is 2. The molecule has 0 spiro atoms. The van der Waals surface area contributed by atoms with Crippen LogP contribution < -0.4 is 14.4 Å². The normalized spacial score (nSPS) is 13.6. The van der Waals surface area contributed by atoms with Crippen LogP contribution in [0.25, 0.3) is 0 Å². The molecular weight excluding hydrogens is 472 g/mol. The highest BCUT2D eigenvalue weighted by Crippen LogP contribution is 2.29. The molecule has 0 aromatic heterocycles. The first-order valence-electron chi connectivity index (χ1n) is 10.6. The van der Waals surface area contributed by atoms with Crippen molar-refractivity contribution in [2.45, 2.75) is 17.9 Å². The fourth-order valence-corrected chi connectivity index (χ4v) is 4.65. The van der Waals surface area contributed by atoms with Gasteiger partial charge >= 0.3 is 5.97 Å². The van der Waals surface area contributed by atoms with Gasteiger partial charge in [-0.05, 0) is 61.5 Å². The van der Waals surface area contributed by atoms with Crippen LogP contribution in [0.3, 0.4) is 0 Å². The highest BCUT2D eigenvalue weighted by Gasteiger charge is 2.25. The number of carbonyl (C=O) groups excluding carboxylic acids is 3. The second kappa shape index (κ2) is 9.59. The molecule has 0 saturated heterocycles. The third kappa shape index (κ3) is 5.02. The lowest BCUT2D eigenvalue weighted by atomic mass is 10.1. The zero-order chi connectivity index (χ0) is 25.2. The Kier molecular flexibility index (Phi) is 6.57. The quantitative estimate of drug-likeness (QED) is 0.395. The van der Waals surface area contributed by atoms with Crippen molar-refractivity contribution in [1.82, 2.24) is 0 Å². The molecule has 0 bridgehead atoms. The Balaban J connectivity index is 1.44. The molecule has 9 nitrogen and oxygen atoms in total. The first kappa shape index (κ1) is 24.0. The Labute approximate surface area is 202 Å². The summed E-state index contributed by atoms with van der Waals surface area (Å²) < 4.78 is 37.5. The topological polar surface area (TPSA) is 119 Å². The lowest BCUT2D eigenvalue weighted by molar-refractivity contribution is -0.118. The van der Waals surface area contributed by atoms with Gasteiger partial charge in [0, 0.05) is 12.6 Å². The first-order chi connectivity index (χ1) is 16.7. The van der Waals surface area contributed by atoms with Crippen LogP contribution in [-0.4, -0.2) is 45.8 Å². The van der Waals surface area contributed by atoms with Gasteiger partial charge in [0.1, 0.15) is 5.75 Å². The Morgan fingerprint density at radius 2 is 1.66 bits per heavy atom. The molecule has 10 heteroatoms. The molecule has 0 aliphatic carbocycles. The molecule has 0 saturated carbocycles. The van der Waals surface area contributed by atoms with E-state index in [0.29, 0.717) is 17.1 Å². The summed E-state index contributed by atoms with van der Waals surface area (Å²) in [5.41, 5.74) is 1.19. The van der Waals surface area contributed by atoms with Gasteiger partial charge in [0.25, 0.3) is 15.9 Å². The Bertz CT molecular complexity index is 1390. The van der Waals surface area contributed by atoms with Crippen molar-refractivity contribution < 1.29 is 32.3 Å². The minimum Gasteiger partial charge on any atom is -0.482 e. The number of amides is 1. The van der Waals surface area contributed by atoms with E-state index in [1.54, 1.807) is 36.4 Å². The number of benzene rings is 3. The Morgan fingerprint density at radius 1 is 1.00 bits per heavy atom. The van der Waals surface area contributed by atoms with Crippen molar-refractivity contribution in [1.29, 1.82) is 0 Å². The van der Waals surface area contributed by atoms with Crippen molar-refractivity contribution in [3.63, 3.8) is 0 Å². The van der Waals surface area contributed by atoms with Gasteiger partial charge < -0.3 is 14.8 Å². The average Bonchev–Trinajstić information content (AvgIpc) is 2.87. The summed E-state index contributed by atoms with van der Waals surface area (Å²) in [5, 5.41) is 2.62. The van der Waals surface area contributed by atoms with E-state index >= 15 is 0 Å². The molecule has 1 aliphatic rings. The van der Waals surface area contributed by atoms with Crippen LogP contribution in [0.15, 0.2) is 77.7 Å². The molecule has 1 atom stereocenters. The highest BCUT2D eigenvalue weighted by molar-refractivity contribution is 7.92. The molecule has 3 aromatic carbocycles. The molecule has 1 amide bonds. The molecular formula is C25H22N2O7S. The predicted octanol–water partition coefficient (Wildman–Crippen LogP) is 3.27. The lowest BCUT2D eigenvalue weighted by Crippen LogP contribution is -2.27. The Hall–Kier alpha value is -4.18. The van der Waals surface area contributed by atoms with Gasteiger partial charge in [0.2, 0.25) is 5.78 Å². The van der Waals surface area contributed by atoms with Crippen LogP contribution in [0.4, 0.5) is 11.4 Å². The molecule has 4 rings (SSSR count). The third-order valence-electron chi connectivity index (χ3n) is 5.42. The van der Waals surface area contributed by atoms with E-state index in [1.807, 2.05) is 0 Å². The van der Waals surface area contributed by atoms with Gasteiger partial charge in [-0.2, -0.15) is 0 Å². The summed E-state index contributed by atoms with van der Waals surface area (Å²) >= 11 is 0. The largest absolute Gasteiger partial charge is 0.482 e. The number of nitrogens with zero attached hydrogens (tertiary/aromatic N) is 1. The number of fused-ring (bicyclic) bond motifs is 1. The average molecular weight is 495 g/mol. The maximum Gasteiger partial charge on any atom is 0.338 e. The maximum absolute atomic E-state index is 12.9. The molecule has 0 unspecified atom stereocenters. The second-order valence-electron chi connectivity index (χ2n) is 7.79. The zero-order valence-corrected chi connectivity index (χ0v) is 19.7. The van der Waals surface area contributed by atoms with Crippen molar-refractivity contribution in [3.05, 3.63) is 83.9 Å². The van der Waals surface area contributed by atoms with E-state index in [1.165, 1.54) is 50.4 Å². The summed E-state index contributed by atoms with van der Waals surface area (Å²) in [6.07, 6.45) is -1.12. The number of hydrogen-bond donors (Lipinski definition) is 1. The van der Waals surface area contributed by atoms with E-state index in [0.717, 1.165) is 4.31 Å². The van der Waals surface area contributed by atoms with E-state index < -0.39 is 27.9 Å². The SMILES string of the molecule is C[C@@H](OC(=O)c1ccc(S(=O)(=O)N(C)c2ccccc2)cc1)C(=O)c1ccc2c(c1)NC(=O)CO2. The predicted molar refractivity (Wildman–Crippen MR) is 128 cm³/mol. The summed E-state index contributed by atoms with van der Waals surface area (Å²) in [5.74, 6) is -1.13. The number of hydrogen-bond acceptors (Lipinski definition) is 7. The number of para-hydroxylation sites is 1. The number of rotatable bonds is 7. The van der Waals surface area contributed by atoms with Crippen LogP contribution in [0.2, 0.25) is 0 Å². The number of sulfonamides is 1. The molecule has 180 valence electrons. The maximum atomic E-state index is 12.9. The molecule has 35 heavy (non-hydrogen) atoms. The van der Waals surface area contributed by atoms with Gasteiger partial charge in [0.05, 0.1) is 21.8 Å². The number of nitrogens with one attached hydrogen (secondary N) is 1. The number of ketones is 1. The van der Waals surface area contributed by atoms with E-state index in [9.17, 15) is 22.8 Å². The fourth-order valence-electron chi connectivity index (χ4n) is 3.45. The standard InChI is InChI=1S/C25H22N2O7S/c1-16(24(29)18-10-13-22-21(14-18)26-23(28)15-33-22)34-25(30)17-8-11-20(12-9-17)35(31,32)27(2)19-6-4-3-5-7-19/h3-14,16H,15H2,1-2H3,(H,26,28)/t16-/m1/s1. The molecule has 0 radical (unpaired) electrons. The van der Waals surface area contributed by atoms with E-state index in [4.69, 9.17) is 9.47 Å². The van der Waals surface area contributed by atoms with Gasteiger partial charge in [-0.15, -0.1) is 0 Å². The Morgan fingerprint density at radius 3 is 2.34 bits per heavy atom. The first-order valence-corrected chi connectivity index (χ1v) is 12.1. The fraction of sp³-hybridized carbons (Fsp3) is 0.160. The number of carbonyl (C=O) groups is 3. The summed E-state index contributed by atoms with van der Waals surface area (Å²) in [4.78, 5) is 36.8. The number of esters is 1. The highest BCUT2D eigenvalue weighted by atomic mass is 32.2. The smallest absolute Gasteiger partial charge is 0.338 e. The van der Waals surface area contributed by atoms with E-state index in [2.05, 4.69) is 5.32 Å². The van der Waals surface area contributed by atoms with Crippen molar-refractivity contribution in [2.75, 3.05) is 23.3 Å². The minimum absolute atomic E-state index is 0.00264. The van der Waals surface area contributed by atoms with Gasteiger partial charge in [-0.3, -0.25) is 13.9 Å². The van der Waals surface area contributed by atoms with Gasteiger partial charge in [-0.25, -0.2) is 13.2 Å². The van der Waals surface area contributed by atoms with Crippen molar-refractivity contribution in [2.24, 2.45) is 0 Å². The summed E-state index contributed by atoms with van der Waals surface area (Å²) in [7, 11) is -2.39. The summed E-state index contributed by atoms with van der Waals surface area (Å²) in [6, 6.07) is 18.4. The lowest BCUT2D eigenvalue weighted by Gasteiger charge is -2.20. The minimum atomic E-state index is -3.83. The van der Waals surface area contributed by atoms with E-state index in [-0.39, 0.29) is 28.5 Å². The molecule has 1 aliphatic heterocycles. The monoisotopic (exact) mass is 494 g/mol. The molecule has 1 N–H and O–H groups in total. The van der Waals surface area contributed by atoms with Crippen molar-refractivity contribution >= 4 is 39.1 Å². The van der Waals surface area contributed by atoms with Gasteiger partial charge in [0.15, 0.2) is 12.7 Å². The zero-order valence-electron chi connectivity index (χ0n) is 18.9. The van der Waals surface area contributed by atoms with Crippen LogP contribution in [0.1, 0.15) is 27.6 Å². The van der Waals surface area contributed by atoms with Crippen LogP contribution >= 0.6 is 0 Å². The molecule has 0 fully saturated rings. The third-order valence-corrected chi connectivity index (χ3v) is 7.22. The second-order valence-corrected chi connectivity index (χ2v) is 9.76. The number of ether oxygens (including phenoxy) is 2.